The summed E-state index contributed by atoms with van der Waals surface area (Å²) in [6.07, 6.45) is 7.37. The fourth-order valence-corrected chi connectivity index (χ4v) is 2.88. The largest absolute Gasteiger partial charge is 0.207 e. The van der Waals surface area contributed by atoms with E-state index in [1.54, 1.807) is 6.07 Å². The Morgan fingerprint density at radius 3 is 2.52 bits per heavy atom. The Kier molecular flexibility index (Phi) is 3.74. The maximum absolute atomic E-state index is 14.4. The minimum absolute atomic E-state index is 0.131. The number of allylic oxidation sites excluding steroid dienone is 4. The SMILES string of the molecule is Cc1c(F)cc(-c2ccccc2)cc1C1=CC=CCC1C. The molecule has 3 rings (SSSR count). The van der Waals surface area contributed by atoms with Crippen LogP contribution in [-0.4, -0.2) is 0 Å². The maximum Gasteiger partial charge on any atom is 0.127 e. The van der Waals surface area contributed by atoms with Gasteiger partial charge in [-0.25, -0.2) is 4.39 Å². The molecule has 1 atom stereocenters. The lowest BCUT2D eigenvalue weighted by molar-refractivity contribution is 0.617. The topological polar surface area (TPSA) is 0 Å². The normalized spacial score (nSPS) is 17.7. The van der Waals surface area contributed by atoms with Gasteiger partial charge < -0.3 is 0 Å². The van der Waals surface area contributed by atoms with Crippen LogP contribution in [0.15, 0.2) is 60.7 Å². The van der Waals surface area contributed by atoms with Crippen molar-refractivity contribution in [2.75, 3.05) is 0 Å². The summed E-state index contributed by atoms with van der Waals surface area (Å²) in [5, 5.41) is 0. The molecule has 106 valence electrons. The third-order valence-corrected chi connectivity index (χ3v) is 4.19. The first kappa shape index (κ1) is 13.8. The molecule has 21 heavy (non-hydrogen) atoms. The van der Waals surface area contributed by atoms with Crippen molar-refractivity contribution in [3.05, 3.63) is 77.6 Å². The van der Waals surface area contributed by atoms with Gasteiger partial charge in [-0.15, -0.1) is 0 Å². The van der Waals surface area contributed by atoms with E-state index in [1.165, 1.54) is 5.57 Å². The Morgan fingerprint density at radius 2 is 1.81 bits per heavy atom. The summed E-state index contributed by atoms with van der Waals surface area (Å²) in [5.74, 6) is 0.299. The molecule has 0 aliphatic heterocycles. The van der Waals surface area contributed by atoms with Crippen molar-refractivity contribution in [1.82, 2.24) is 0 Å². The van der Waals surface area contributed by atoms with Crippen LogP contribution in [-0.2, 0) is 0 Å². The van der Waals surface area contributed by atoms with Gasteiger partial charge in [0.05, 0.1) is 0 Å². The molecule has 0 fully saturated rings. The summed E-state index contributed by atoms with van der Waals surface area (Å²) in [6.45, 7) is 4.06. The highest BCUT2D eigenvalue weighted by Gasteiger charge is 2.17. The first-order chi connectivity index (χ1) is 10.2. The smallest absolute Gasteiger partial charge is 0.127 e. The van der Waals surface area contributed by atoms with Crippen LogP contribution in [0.2, 0.25) is 0 Å². The second-order valence-electron chi connectivity index (χ2n) is 5.68. The molecule has 1 unspecified atom stereocenters. The highest BCUT2D eigenvalue weighted by Crippen LogP contribution is 2.35. The van der Waals surface area contributed by atoms with Crippen LogP contribution in [0.4, 0.5) is 4.39 Å². The molecule has 0 nitrogen and oxygen atoms in total. The van der Waals surface area contributed by atoms with Crippen LogP contribution >= 0.6 is 0 Å². The quantitative estimate of drug-likeness (QED) is 0.653. The molecule has 0 aromatic heterocycles. The number of benzene rings is 2. The summed E-state index contributed by atoms with van der Waals surface area (Å²) in [4.78, 5) is 0. The minimum atomic E-state index is -0.131. The van der Waals surface area contributed by atoms with E-state index in [2.05, 4.69) is 31.2 Å². The monoisotopic (exact) mass is 278 g/mol. The van der Waals surface area contributed by atoms with E-state index in [0.29, 0.717) is 5.92 Å². The lowest BCUT2D eigenvalue weighted by Crippen LogP contribution is -2.04. The van der Waals surface area contributed by atoms with Crippen LogP contribution in [0.5, 0.6) is 0 Å². The molecular formula is C20H19F. The van der Waals surface area contributed by atoms with Gasteiger partial charge in [0.2, 0.25) is 0 Å². The van der Waals surface area contributed by atoms with Crippen molar-refractivity contribution in [1.29, 1.82) is 0 Å². The molecule has 0 spiro atoms. The predicted octanol–water partition coefficient (Wildman–Crippen LogP) is 5.78. The summed E-state index contributed by atoms with van der Waals surface area (Å²) < 4.78 is 14.4. The van der Waals surface area contributed by atoms with E-state index < -0.39 is 0 Å². The molecule has 0 heterocycles. The van der Waals surface area contributed by atoms with E-state index in [4.69, 9.17) is 0 Å². The molecule has 0 amide bonds. The molecule has 2 aromatic carbocycles. The highest BCUT2D eigenvalue weighted by atomic mass is 19.1. The number of halogens is 1. The fraction of sp³-hybridized carbons (Fsp3) is 0.200. The Morgan fingerprint density at radius 1 is 1.05 bits per heavy atom. The first-order valence-corrected chi connectivity index (χ1v) is 7.39. The third kappa shape index (κ3) is 2.69. The van der Waals surface area contributed by atoms with Gasteiger partial charge in [0.1, 0.15) is 5.82 Å². The second-order valence-corrected chi connectivity index (χ2v) is 5.68. The zero-order valence-corrected chi connectivity index (χ0v) is 12.4. The summed E-state index contributed by atoms with van der Waals surface area (Å²) in [5.41, 5.74) is 4.99. The van der Waals surface area contributed by atoms with Gasteiger partial charge in [-0.1, -0.05) is 55.5 Å². The molecule has 0 bridgehead atoms. The Labute approximate surface area is 125 Å². The number of hydrogen-bond donors (Lipinski definition) is 0. The number of rotatable bonds is 2. The maximum atomic E-state index is 14.4. The molecule has 0 radical (unpaired) electrons. The van der Waals surface area contributed by atoms with E-state index in [-0.39, 0.29) is 5.82 Å². The van der Waals surface area contributed by atoms with Crippen molar-refractivity contribution < 1.29 is 4.39 Å². The van der Waals surface area contributed by atoms with Crippen molar-refractivity contribution in [3.8, 4) is 11.1 Å². The van der Waals surface area contributed by atoms with Crippen molar-refractivity contribution >= 4 is 5.57 Å². The lowest BCUT2D eigenvalue weighted by Gasteiger charge is -2.20. The Bertz CT molecular complexity index is 708. The predicted molar refractivity (Wildman–Crippen MR) is 87.5 cm³/mol. The van der Waals surface area contributed by atoms with Gasteiger partial charge in [-0.2, -0.15) is 0 Å². The molecule has 1 aliphatic carbocycles. The zero-order valence-electron chi connectivity index (χ0n) is 12.4. The van der Waals surface area contributed by atoms with Crippen molar-refractivity contribution in [2.45, 2.75) is 20.3 Å². The molecule has 0 saturated heterocycles. The van der Waals surface area contributed by atoms with Gasteiger partial charge in [0.15, 0.2) is 0 Å². The van der Waals surface area contributed by atoms with Crippen LogP contribution in [0.3, 0.4) is 0 Å². The van der Waals surface area contributed by atoms with Gasteiger partial charge in [0.25, 0.3) is 0 Å². The van der Waals surface area contributed by atoms with Crippen molar-refractivity contribution in [2.24, 2.45) is 5.92 Å². The Hall–Kier alpha value is -2.15. The molecule has 0 N–H and O–H groups in total. The fourth-order valence-electron chi connectivity index (χ4n) is 2.88. The summed E-state index contributed by atoms with van der Waals surface area (Å²) in [7, 11) is 0. The van der Waals surface area contributed by atoms with Gasteiger partial charge in [0, 0.05) is 0 Å². The van der Waals surface area contributed by atoms with E-state index in [1.807, 2.05) is 37.3 Å². The Balaban J connectivity index is 2.15. The molecular weight excluding hydrogens is 259 g/mol. The van der Waals surface area contributed by atoms with E-state index in [0.717, 1.165) is 28.7 Å². The lowest BCUT2D eigenvalue weighted by atomic mass is 9.84. The zero-order chi connectivity index (χ0) is 14.8. The van der Waals surface area contributed by atoms with Gasteiger partial charge >= 0.3 is 0 Å². The second kappa shape index (κ2) is 5.69. The van der Waals surface area contributed by atoms with Gasteiger partial charge in [-0.05, 0) is 59.2 Å². The average Bonchev–Trinajstić information content (AvgIpc) is 2.51. The molecule has 2 aromatic rings. The third-order valence-electron chi connectivity index (χ3n) is 4.19. The van der Waals surface area contributed by atoms with Crippen molar-refractivity contribution in [3.63, 3.8) is 0 Å². The number of hydrogen-bond acceptors (Lipinski definition) is 0. The summed E-state index contributed by atoms with van der Waals surface area (Å²) >= 11 is 0. The summed E-state index contributed by atoms with van der Waals surface area (Å²) in [6, 6.07) is 13.7. The average molecular weight is 278 g/mol. The van der Waals surface area contributed by atoms with Crippen LogP contribution < -0.4 is 0 Å². The van der Waals surface area contributed by atoms with Crippen LogP contribution in [0.25, 0.3) is 16.7 Å². The molecule has 1 heteroatoms. The van der Waals surface area contributed by atoms with E-state index in [9.17, 15) is 4.39 Å². The molecule has 1 aliphatic rings. The van der Waals surface area contributed by atoms with Crippen LogP contribution in [0, 0.1) is 18.7 Å². The first-order valence-electron chi connectivity index (χ1n) is 7.39. The standard InChI is InChI=1S/C20H19F/c1-14-8-6-7-11-18(14)19-12-17(13-20(21)15(19)2)16-9-4-3-5-10-16/h3-7,9-14H,8H2,1-2H3. The molecule has 0 saturated carbocycles. The minimum Gasteiger partial charge on any atom is -0.207 e. The van der Waals surface area contributed by atoms with Gasteiger partial charge in [-0.3, -0.25) is 0 Å². The highest BCUT2D eigenvalue weighted by molar-refractivity contribution is 5.77. The van der Waals surface area contributed by atoms with Crippen LogP contribution in [0.1, 0.15) is 24.5 Å². The van der Waals surface area contributed by atoms with E-state index >= 15 is 0 Å².